The average molecular weight is 357 g/mol. The lowest BCUT2D eigenvalue weighted by Crippen LogP contribution is -3.00. The van der Waals surface area contributed by atoms with Gasteiger partial charge in [0.1, 0.15) is 0 Å². The third-order valence-corrected chi connectivity index (χ3v) is 3.51. The molecule has 0 spiro atoms. The molecular formula is C14H32INO. The lowest BCUT2D eigenvalue weighted by atomic mass is 10.1. The van der Waals surface area contributed by atoms with E-state index in [9.17, 15) is 5.11 Å². The van der Waals surface area contributed by atoms with E-state index < -0.39 is 0 Å². The van der Waals surface area contributed by atoms with Crippen LogP contribution in [0.4, 0.5) is 0 Å². The second-order valence-electron chi connectivity index (χ2n) is 5.07. The summed E-state index contributed by atoms with van der Waals surface area (Å²) in [5, 5.41) is 9.70. The minimum atomic E-state index is 0. The standard InChI is InChI=1S/C14H32NO.HI/c1-4-7-10-13-15(14-16,11-8-5-2)12-9-6-3;/h16H,4-14H2,1-3H3;1H/q+1;/p-1. The van der Waals surface area contributed by atoms with Crippen molar-refractivity contribution in [1.82, 2.24) is 0 Å². The van der Waals surface area contributed by atoms with E-state index in [-0.39, 0.29) is 24.0 Å². The summed E-state index contributed by atoms with van der Waals surface area (Å²) < 4.78 is 0.946. The number of quaternary nitrogens is 1. The number of aliphatic hydroxyl groups excluding tert-OH is 1. The fourth-order valence-electron chi connectivity index (χ4n) is 2.23. The molecular weight excluding hydrogens is 325 g/mol. The van der Waals surface area contributed by atoms with Crippen molar-refractivity contribution in [2.45, 2.75) is 65.7 Å². The largest absolute Gasteiger partial charge is 1.00 e. The summed E-state index contributed by atoms with van der Waals surface area (Å²) in [5.41, 5.74) is 0. The normalized spacial score (nSPS) is 11.3. The summed E-state index contributed by atoms with van der Waals surface area (Å²) in [6.07, 6.45) is 8.81. The van der Waals surface area contributed by atoms with Gasteiger partial charge in [0.15, 0.2) is 6.73 Å². The quantitative estimate of drug-likeness (QED) is 0.248. The van der Waals surface area contributed by atoms with E-state index in [1.165, 1.54) is 51.5 Å². The molecule has 0 heterocycles. The van der Waals surface area contributed by atoms with Crippen molar-refractivity contribution in [2.75, 3.05) is 26.4 Å². The molecule has 0 atom stereocenters. The molecule has 0 aromatic heterocycles. The monoisotopic (exact) mass is 357 g/mol. The number of rotatable bonds is 11. The first-order valence-corrected chi connectivity index (χ1v) is 7.20. The van der Waals surface area contributed by atoms with Crippen LogP contribution < -0.4 is 24.0 Å². The minimum absolute atomic E-state index is 0. The van der Waals surface area contributed by atoms with Gasteiger partial charge in [-0.25, -0.2) is 0 Å². The molecule has 1 N–H and O–H groups in total. The Morgan fingerprint density at radius 2 is 1.12 bits per heavy atom. The van der Waals surface area contributed by atoms with Crippen LogP contribution in [0.1, 0.15) is 65.7 Å². The van der Waals surface area contributed by atoms with Gasteiger partial charge in [-0.15, -0.1) is 0 Å². The number of unbranched alkanes of at least 4 members (excludes halogenated alkanes) is 4. The molecule has 0 saturated heterocycles. The topological polar surface area (TPSA) is 20.2 Å². The minimum Gasteiger partial charge on any atom is -1.00 e. The van der Waals surface area contributed by atoms with E-state index in [0.29, 0.717) is 6.73 Å². The molecule has 0 amide bonds. The van der Waals surface area contributed by atoms with Gasteiger partial charge < -0.3 is 33.6 Å². The fraction of sp³-hybridized carbons (Fsp3) is 1.00. The first kappa shape index (κ1) is 20.0. The summed E-state index contributed by atoms with van der Waals surface area (Å²) in [6.45, 7) is 10.5. The van der Waals surface area contributed by atoms with Crippen LogP contribution in [0.5, 0.6) is 0 Å². The van der Waals surface area contributed by atoms with Crippen molar-refractivity contribution >= 4 is 0 Å². The molecule has 0 unspecified atom stereocenters. The van der Waals surface area contributed by atoms with Crippen molar-refractivity contribution in [2.24, 2.45) is 0 Å². The summed E-state index contributed by atoms with van der Waals surface area (Å²) in [6, 6.07) is 0. The Hall–Kier alpha value is 0.650. The smallest absolute Gasteiger partial charge is 0.180 e. The van der Waals surface area contributed by atoms with E-state index in [1.54, 1.807) is 0 Å². The Morgan fingerprint density at radius 1 is 0.706 bits per heavy atom. The van der Waals surface area contributed by atoms with Gasteiger partial charge in [-0.2, -0.15) is 0 Å². The van der Waals surface area contributed by atoms with Gasteiger partial charge in [-0.1, -0.05) is 40.0 Å². The van der Waals surface area contributed by atoms with Crippen molar-refractivity contribution in [3.63, 3.8) is 0 Å². The van der Waals surface area contributed by atoms with E-state index >= 15 is 0 Å². The molecule has 0 bridgehead atoms. The Bertz CT molecular complexity index is 145. The Kier molecular flexibility index (Phi) is 15.4. The van der Waals surface area contributed by atoms with Gasteiger partial charge >= 0.3 is 0 Å². The Morgan fingerprint density at radius 3 is 1.47 bits per heavy atom. The van der Waals surface area contributed by atoms with E-state index in [2.05, 4.69) is 20.8 Å². The van der Waals surface area contributed by atoms with Crippen LogP contribution in [0.2, 0.25) is 0 Å². The lowest BCUT2D eigenvalue weighted by molar-refractivity contribution is -0.945. The summed E-state index contributed by atoms with van der Waals surface area (Å²) in [5.74, 6) is 0. The van der Waals surface area contributed by atoms with Crippen molar-refractivity contribution < 1.29 is 33.6 Å². The highest BCUT2D eigenvalue weighted by atomic mass is 127. The molecule has 0 saturated carbocycles. The Labute approximate surface area is 125 Å². The molecule has 0 aliphatic heterocycles. The zero-order valence-electron chi connectivity index (χ0n) is 12.1. The average Bonchev–Trinajstić information content (AvgIpc) is 2.32. The SMILES string of the molecule is CCCCC[N+](CO)(CCCC)CCCC.[I-]. The molecule has 2 nitrogen and oxygen atoms in total. The van der Waals surface area contributed by atoms with Crippen LogP contribution in [0.25, 0.3) is 0 Å². The maximum Gasteiger partial charge on any atom is 0.180 e. The first-order valence-electron chi connectivity index (χ1n) is 7.20. The molecule has 0 aliphatic rings. The molecule has 0 fully saturated rings. The summed E-state index contributed by atoms with van der Waals surface area (Å²) in [4.78, 5) is 0. The molecule has 0 aromatic carbocycles. The maximum absolute atomic E-state index is 9.70. The maximum atomic E-state index is 9.70. The second-order valence-corrected chi connectivity index (χ2v) is 5.07. The molecule has 0 rings (SSSR count). The second kappa shape index (κ2) is 13.1. The van der Waals surface area contributed by atoms with E-state index in [1.807, 2.05) is 0 Å². The van der Waals surface area contributed by atoms with Crippen molar-refractivity contribution in [3.8, 4) is 0 Å². The van der Waals surface area contributed by atoms with Crippen LogP contribution >= 0.6 is 0 Å². The van der Waals surface area contributed by atoms with E-state index in [0.717, 1.165) is 17.6 Å². The molecule has 106 valence electrons. The predicted molar refractivity (Wildman–Crippen MR) is 71.3 cm³/mol. The molecule has 17 heavy (non-hydrogen) atoms. The van der Waals surface area contributed by atoms with E-state index in [4.69, 9.17) is 0 Å². The van der Waals surface area contributed by atoms with Crippen LogP contribution in [0, 0.1) is 0 Å². The summed E-state index contributed by atoms with van der Waals surface area (Å²) in [7, 11) is 0. The number of hydrogen-bond acceptors (Lipinski definition) is 1. The van der Waals surface area contributed by atoms with Crippen molar-refractivity contribution in [3.05, 3.63) is 0 Å². The molecule has 0 radical (unpaired) electrons. The first-order chi connectivity index (χ1) is 7.74. The van der Waals surface area contributed by atoms with Crippen LogP contribution in [-0.2, 0) is 0 Å². The Balaban J connectivity index is 0. The number of nitrogens with zero attached hydrogens (tertiary/aromatic N) is 1. The summed E-state index contributed by atoms with van der Waals surface area (Å²) >= 11 is 0. The molecule has 0 aromatic rings. The van der Waals surface area contributed by atoms with Gasteiger partial charge in [-0.05, 0) is 25.7 Å². The number of halogens is 1. The highest BCUT2D eigenvalue weighted by Gasteiger charge is 2.24. The van der Waals surface area contributed by atoms with Gasteiger partial charge in [0, 0.05) is 0 Å². The van der Waals surface area contributed by atoms with Gasteiger partial charge in [-0.3, -0.25) is 0 Å². The number of aliphatic hydroxyl groups is 1. The molecule has 3 heteroatoms. The predicted octanol–water partition coefficient (Wildman–Crippen LogP) is 0.547. The van der Waals surface area contributed by atoms with Gasteiger partial charge in [0.25, 0.3) is 0 Å². The zero-order valence-corrected chi connectivity index (χ0v) is 14.2. The molecule has 0 aliphatic carbocycles. The van der Waals surface area contributed by atoms with Crippen LogP contribution in [0.15, 0.2) is 0 Å². The number of hydrogen-bond donors (Lipinski definition) is 1. The highest BCUT2D eigenvalue weighted by molar-refractivity contribution is 4.46. The van der Waals surface area contributed by atoms with Gasteiger partial charge in [0.05, 0.1) is 19.6 Å². The fourth-order valence-corrected chi connectivity index (χ4v) is 2.23. The van der Waals surface area contributed by atoms with Crippen molar-refractivity contribution in [1.29, 1.82) is 0 Å². The third kappa shape index (κ3) is 9.25. The zero-order chi connectivity index (χ0) is 12.3. The van der Waals surface area contributed by atoms with Gasteiger partial charge in [0.2, 0.25) is 0 Å². The lowest BCUT2D eigenvalue weighted by Gasteiger charge is -2.37. The highest BCUT2D eigenvalue weighted by Crippen LogP contribution is 2.14. The third-order valence-electron chi connectivity index (χ3n) is 3.51. The van der Waals surface area contributed by atoms with Crippen LogP contribution in [-0.4, -0.2) is 36.0 Å². The van der Waals surface area contributed by atoms with Crippen LogP contribution in [0.3, 0.4) is 0 Å².